The van der Waals surface area contributed by atoms with Gasteiger partial charge in [-0.1, -0.05) is 26.7 Å². The first kappa shape index (κ1) is 20.3. The number of nitrogens with zero attached hydrogens (tertiary/aromatic N) is 2. The molecule has 5 rings (SSSR count). The van der Waals surface area contributed by atoms with Gasteiger partial charge in [-0.15, -0.1) is 0 Å². The number of amides is 1. The number of nitrogens with one attached hydrogen (secondary N) is 2. The summed E-state index contributed by atoms with van der Waals surface area (Å²) in [5.74, 6) is 0.248. The number of aromatic amines is 2. The molecule has 1 amide bonds. The molecule has 0 saturated heterocycles. The Bertz CT molecular complexity index is 1120. The zero-order valence-corrected chi connectivity index (χ0v) is 18.8. The summed E-state index contributed by atoms with van der Waals surface area (Å²) in [6, 6.07) is 4.54. The summed E-state index contributed by atoms with van der Waals surface area (Å²) in [5, 5.41) is 8.73. The molecule has 0 fully saturated rings. The fourth-order valence-corrected chi connectivity index (χ4v) is 5.89. The van der Waals surface area contributed by atoms with E-state index in [0.717, 1.165) is 67.5 Å². The first-order valence-corrected chi connectivity index (χ1v) is 11.7. The van der Waals surface area contributed by atoms with E-state index in [4.69, 9.17) is 4.74 Å². The Kier molecular flexibility index (Phi) is 5.13. The third-order valence-corrected chi connectivity index (χ3v) is 7.20. The fourth-order valence-electron chi connectivity index (χ4n) is 5.89. The van der Waals surface area contributed by atoms with Crippen LogP contribution in [-0.2, 0) is 27.8 Å². The van der Waals surface area contributed by atoms with E-state index in [-0.39, 0.29) is 5.91 Å². The molecule has 1 aromatic carbocycles. The van der Waals surface area contributed by atoms with Gasteiger partial charge in [-0.3, -0.25) is 9.89 Å². The van der Waals surface area contributed by atoms with Gasteiger partial charge in [0.1, 0.15) is 0 Å². The Balaban J connectivity index is 1.73. The first-order valence-electron chi connectivity index (χ1n) is 11.7. The lowest BCUT2D eigenvalue weighted by molar-refractivity contribution is -0.123. The number of ether oxygens (including phenoxy) is 1. The molecule has 1 aliphatic heterocycles. The third kappa shape index (κ3) is 2.95. The van der Waals surface area contributed by atoms with Crippen molar-refractivity contribution in [2.45, 2.75) is 64.2 Å². The molecule has 2 N–H and O–H groups in total. The van der Waals surface area contributed by atoms with Crippen molar-refractivity contribution in [1.29, 1.82) is 0 Å². The van der Waals surface area contributed by atoms with E-state index in [0.29, 0.717) is 13.2 Å². The quantitative estimate of drug-likeness (QED) is 0.572. The normalized spacial score (nSPS) is 17.0. The largest absolute Gasteiger partial charge is 0.383 e. The summed E-state index contributed by atoms with van der Waals surface area (Å²) >= 11 is 0. The number of fused-ring (bicyclic) bond motifs is 6. The van der Waals surface area contributed by atoms with Gasteiger partial charge in [-0.2, -0.15) is 5.10 Å². The van der Waals surface area contributed by atoms with Crippen molar-refractivity contribution in [2.24, 2.45) is 0 Å². The maximum absolute atomic E-state index is 13.8. The van der Waals surface area contributed by atoms with Crippen LogP contribution in [0.3, 0.4) is 0 Å². The number of hydrogen-bond acceptors (Lipinski definition) is 3. The predicted molar refractivity (Wildman–Crippen MR) is 124 cm³/mol. The van der Waals surface area contributed by atoms with E-state index in [1.807, 2.05) is 11.1 Å². The molecule has 31 heavy (non-hydrogen) atoms. The minimum absolute atomic E-state index is 0.248. The van der Waals surface area contributed by atoms with Crippen LogP contribution in [0.2, 0.25) is 0 Å². The SMILES string of the molecule is CCCC1(CCC)C(=O)N(CCOC)c2cc3c4c([nH]c3cc21)-c1[nH]ncc1CCC4. The van der Waals surface area contributed by atoms with E-state index in [9.17, 15) is 4.79 Å². The highest BCUT2D eigenvalue weighted by molar-refractivity contribution is 6.11. The molecule has 6 nitrogen and oxygen atoms in total. The topological polar surface area (TPSA) is 74.0 Å². The highest BCUT2D eigenvalue weighted by atomic mass is 16.5. The van der Waals surface area contributed by atoms with Crippen molar-refractivity contribution in [3.8, 4) is 11.4 Å². The van der Waals surface area contributed by atoms with Crippen molar-refractivity contribution in [3.05, 3.63) is 35.0 Å². The lowest BCUT2D eigenvalue weighted by atomic mass is 9.74. The molecular formula is C25H32N4O2. The lowest BCUT2D eigenvalue weighted by Gasteiger charge is -2.28. The predicted octanol–water partition coefficient (Wildman–Crippen LogP) is 4.88. The van der Waals surface area contributed by atoms with Crippen LogP contribution in [0.5, 0.6) is 0 Å². The van der Waals surface area contributed by atoms with E-state index < -0.39 is 5.41 Å². The Labute approximate surface area is 183 Å². The minimum atomic E-state index is -0.428. The number of carbonyl (C=O) groups excluding carboxylic acids is 1. The standard InChI is InChI=1S/C25H32N4O2/c1-4-9-25(10-5-2)19-14-20-18(13-21(19)29(24(25)30)11-12-31-3)17-8-6-7-16-15-26-28-22(16)23(17)27-20/h13-15,27H,4-12H2,1-3H3,(H,26,28). The van der Waals surface area contributed by atoms with Crippen LogP contribution >= 0.6 is 0 Å². The average Bonchev–Trinajstić information content (AvgIpc) is 3.39. The van der Waals surface area contributed by atoms with E-state index in [1.54, 1.807) is 7.11 Å². The van der Waals surface area contributed by atoms with Crippen molar-refractivity contribution < 1.29 is 9.53 Å². The van der Waals surface area contributed by atoms with Gasteiger partial charge in [-0.05, 0) is 60.9 Å². The average molecular weight is 421 g/mol. The molecule has 0 saturated carbocycles. The Morgan fingerprint density at radius 1 is 1.16 bits per heavy atom. The van der Waals surface area contributed by atoms with Crippen LogP contribution in [-0.4, -0.2) is 41.3 Å². The monoisotopic (exact) mass is 420 g/mol. The van der Waals surface area contributed by atoms with E-state index >= 15 is 0 Å². The van der Waals surface area contributed by atoms with Gasteiger partial charge in [-0.25, -0.2) is 0 Å². The molecule has 3 aromatic rings. The molecule has 0 radical (unpaired) electrons. The van der Waals surface area contributed by atoms with Gasteiger partial charge >= 0.3 is 0 Å². The molecular weight excluding hydrogens is 388 g/mol. The van der Waals surface area contributed by atoms with Crippen molar-refractivity contribution in [2.75, 3.05) is 25.2 Å². The summed E-state index contributed by atoms with van der Waals surface area (Å²) < 4.78 is 5.35. The van der Waals surface area contributed by atoms with Crippen LogP contribution in [0.1, 0.15) is 62.6 Å². The van der Waals surface area contributed by atoms with Crippen molar-refractivity contribution in [1.82, 2.24) is 15.2 Å². The molecule has 3 heterocycles. The maximum Gasteiger partial charge on any atom is 0.237 e. The van der Waals surface area contributed by atoms with Crippen LogP contribution in [0, 0.1) is 0 Å². The smallest absolute Gasteiger partial charge is 0.237 e. The second-order valence-electron chi connectivity index (χ2n) is 9.05. The molecule has 2 aliphatic rings. The highest BCUT2D eigenvalue weighted by Crippen LogP contribution is 2.50. The van der Waals surface area contributed by atoms with Crippen LogP contribution < -0.4 is 4.90 Å². The summed E-state index contributed by atoms with van der Waals surface area (Å²) in [6.07, 6.45) is 8.85. The number of aryl methyl sites for hydroxylation is 2. The Hall–Kier alpha value is -2.60. The van der Waals surface area contributed by atoms with E-state index in [1.165, 1.54) is 22.1 Å². The van der Waals surface area contributed by atoms with Gasteiger partial charge in [0.25, 0.3) is 0 Å². The van der Waals surface area contributed by atoms with Gasteiger partial charge in [0.05, 0.1) is 29.6 Å². The summed E-state index contributed by atoms with van der Waals surface area (Å²) in [6.45, 7) is 5.50. The molecule has 2 aromatic heterocycles. The highest BCUT2D eigenvalue weighted by Gasteiger charge is 2.49. The zero-order chi connectivity index (χ0) is 21.6. The Morgan fingerprint density at radius 3 is 2.71 bits per heavy atom. The lowest BCUT2D eigenvalue weighted by Crippen LogP contribution is -2.41. The maximum atomic E-state index is 13.8. The van der Waals surface area contributed by atoms with Gasteiger partial charge in [0, 0.05) is 30.2 Å². The summed E-state index contributed by atoms with van der Waals surface area (Å²) in [5.41, 5.74) is 7.86. The molecule has 0 bridgehead atoms. The number of hydrogen-bond donors (Lipinski definition) is 2. The minimum Gasteiger partial charge on any atom is -0.383 e. The fraction of sp³-hybridized carbons (Fsp3) is 0.520. The van der Waals surface area contributed by atoms with Crippen molar-refractivity contribution >= 4 is 22.5 Å². The zero-order valence-electron chi connectivity index (χ0n) is 18.8. The second-order valence-corrected chi connectivity index (χ2v) is 9.05. The molecule has 1 aliphatic carbocycles. The summed E-state index contributed by atoms with van der Waals surface area (Å²) in [7, 11) is 1.70. The van der Waals surface area contributed by atoms with Crippen LogP contribution in [0.4, 0.5) is 5.69 Å². The number of anilines is 1. The number of carbonyl (C=O) groups is 1. The molecule has 6 heteroatoms. The first-order chi connectivity index (χ1) is 15.1. The third-order valence-electron chi connectivity index (χ3n) is 7.20. The number of benzene rings is 1. The number of rotatable bonds is 7. The second kappa shape index (κ2) is 7.83. The van der Waals surface area contributed by atoms with E-state index in [2.05, 4.69) is 41.2 Å². The number of H-pyrrole nitrogens is 2. The van der Waals surface area contributed by atoms with Crippen LogP contribution in [0.25, 0.3) is 22.3 Å². The number of aromatic nitrogens is 3. The summed E-state index contributed by atoms with van der Waals surface area (Å²) in [4.78, 5) is 19.5. The molecule has 0 unspecified atom stereocenters. The Morgan fingerprint density at radius 2 is 1.97 bits per heavy atom. The van der Waals surface area contributed by atoms with Gasteiger partial charge in [0.15, 0.2) is 0 Å². The number of methoxy groups -OCH3 is 1. The van der Waals surface area contributed by atoms with Gasteiger partial charge in [0.2, 0.25) is 5.91 Å². The van der Waals surface area contributed by atoms with Crippen molar-refractivity contribution in [3.63, 3.8) is 0 Å². The molecule has 164 valence electrons. The molecule has 0 atom stereocenters. The molecule has 0 spiro atoms. The van der Waals surface area contributed by atoms with Crippen LogP contribution in [0.15, 0.2) is 18.3 Å². The van der Waals surface area contributed by atoms with Gasteiger partial charge < -0.3 is 14.6 Å².